The van der Waals surface area contributed by atoms with Crippen LogP contribution in [0.25, 0.3) is 22.5 Å². The number of unbranched alkanes of at least 4 members (excludes halogenated alkanes) is 1. The van der Waals surface area contributed by atoms with Crippen molar-refractivity contribution in [3.63, 3.8) is 0 Å². The molecule has 0 bridgehead atoms. The summed E-state index contributed by atoms with van der Waals surface area (Å²) >= 11 is 0. The Labute approximate surface area is 206 Å². The molecule has 188 valence electrons. The van der Waals surface area contributed by atoms with Crippen LogP contribution in [0.1, 0.15) is 38.7 Å². The van der Waals surface area contributed by atoms with E-state index in [0.29, 0.717) is 47.1 Å². The van der Waals surface area contributed by atoms with Gasteiger partial charge in [0.15, 0.2) is 11.5 Å². The van der Waals surface area contributed by atoms with Crippen molar-refractivity contribution in [2.45, 2.75) is 52.2 Å². The second kappa shape index (κ2) is 12.3. The summed E-state index contributed by atoms with van der Waals surface area (Å²) in [5.74, 6) is 0.876. The highest BCUT2D eigenvalue weighted by Gasteiger charge is 2.21. The quantitative estimate of drug-likeness (QED) is 0.337. The molecule has 0 aliphatic heterocycles. The summed E-state index contributed by atoms with van der Waals surface area (Å²) in [7, 11) is 3.16. The van der Waals surface area contributed by atoms with Crippen molar-refractivity contribution >= 4 is 5.97 Å². The molecule has 1 atom stereocenters. The Balaban J connectivity index is 2.18. The first-order chi connectivity index (χ1) is 16.9. The number of hydrogen-bond donors (Lipinski definition) is 2. The predicted molar refractivity (Wildman–Crippen MR) is 134 cm³/mol. The van der Waals surface area contributed by atoms with Gasteiger partial charge in [0.2, 0.25) is 0 Å². The lowest BCUT2D eigenvalue weighted by atomic mass is 10.0. The molecule has 0 saturated carbocycles. The smallest absolute Gasteiger partial charge is 0.307 e. The number of benzene rings is 2. The maximum atomic E-state index is 11.3. The molecule has 2 aromatic carbocycles. The third kappa shape index (κ3) is 6.33. The number of carboxylic acid groups (broad SMARTS) is 1. The standard InChI is InChI=1S/C27H34N2O6/c1-5-7-13-35-24-12-11-18(15-26(31)32)14-21(24)22-16-23(29(28-22)17-19(30)6-2)20-9-8-10-25(33-3)27(20)34-4/h8-12,14,16,19,30H,5-7,13,15,17H2,1-4H3,(H,31,32)/t19-/m1/s1. The lowest BCUT2D eigenvalue weighted by Crippen LogP contribution is -2.16. The van der Waals surface area contributed by atoms with Crippen LogP contribution in [0.5, 0.6) is 17.2 Å². The van der Waals surface area contributed by atoms with Gasteiger partial charge in [-0.1, -0.05) is 32.4 Å². The van der Waals surface area contributed by atoms with E-state index < -0.39 is 12.1 Å². The van der Waals surface area contributed by atoms with E-state index in [9.17, 15) is 15.0 Å². The number of ether oxygens (including phenoxy) is 3. The van der Waals surface area contributed by atoms with Crippen LogP contribution in [0.15, 0.2) is 42.5 Å². The first-order valence-corrected chi connectivity index (χ1v) is 11.9. The summed E-state index contributed by atoms with van der Waals surface area (Å²) < 4.78 is 18.9. The number of rotatable bonds is 13. The van der Waals surface area contributed by atoms with Crippen molar-refractivity contribution in [2.75, 3.05) is 20.8 Å². The van der Waals surface area contributed by atoms with Crippen molar-refractivity contribution < 1.29 is 29.2 Å². The van der Waals surface area contributed by atoms with Crippen molar-refractivity contribution in [3.8, 4) is 39.8 Å². The second-order valence-corrected chi connectivity index (χ2v) is 8.30. The normalized spacial score (nSPS) is 11.8. The number of aliphatic hydroxyl groups excluding tert-OH is 1. The molecule has 35 heavy (non-hydrogen) atoms. The summed E-state index contributed by atoms with van der Waals surface area (Å²) in [5.41, 5.74) is 3.48. The van der Waals surface area contributed by atoms with Gasteiger partial charge in [-0.15, -0.1) is 0 Å². The molecular formula is C27H34N2O6. The van der Waals surface area contributed by atoms with Crippen LogP contribution in [0, 0.1) is 0 Å². The molecule has 8 nitrogen and oxygen atoms in total. The van der Waals surface area contributed by atoms with E-state index in [0.717, 1.165) is 24.1 Å². The van der Waals surface area contributed by atoms with Crippen LogP contribution >= 0.6 is 0 Å². The maximum absolute atomic E-state index is 11.3. The van der Waals surface area contributed by atoms with Crippen molar-refractivity contribution in [2.24, 2.45) is 0 Å². The number of methoxy groups -OCH3 is 2. The molecule has 0 spiro atoms. The van der Waals surface area contributed by atoms with Gasteiger partial charge in [-0.05, 0) is 48.7 Å². The van der Waals surface area contributed by atoms with Crippen LogP contribution in [0.3, 0.4) is 0 Å². The van der Waals surface area contributed by atoms with Crippen LogP contribution in [-0.2, 0) is 17.8 Å². The van der Waals surface area contributed by atoms with E-state index in [1.54, 1.807) is 31.0 Å². The lowest BCUT2D eigenvalue weighted by Gasteiger charge is -2.15. The van der Waals surface area contributed by atoms with Gasteiger partial charge in [0, 0.05) is 11.1 Å². The molecule has 0 fully saturated rings. The molecule has 0 unspecified atom stereocenters. The second-order valence-electron chi connectivity index (χ2n) is 8.30. The number of carboxylic acids is 1. The number of para-hydroxylation sites is 1. The summed E-state index contributed by atoms with van der Waals surface area (Å²) in [6, 6.07) is 12.9. The summed E-state index contributed by atoms with van der Waals surface area (Å²) in [4.78, 5) is 11.3. The predicted octanol–water partition coefficient (Wildman–Crippen LogP) is 4.81. The van der Waals surface area contributed by atoms with E-state index >= 15 is 0 Å². The van der Waals surface area contributed by atoms with Gasteiger partial charge in [-0.3, -0.25) is 9.48 Å². The zero-order chi connectivity index (χ0) is 25.4. The molecule has 3 rings (SSSR count). The van der Waals surface area contributed by atoms with Gasteiger partial charge in [0.25, 0.3) is 0 Å². The molecule has 0 saturated heterocycles. The van der Waals surface area contributed by atoms with Gasteiger partial charge in [-0.25, -0.2) is 0 Å². The minimum Gasteiger partial charge on any atom is -0.493 e. The molecule has 8 heteroatoms. The Morgan fingerprint density at radius 3 is 2.51 bits per heavy atom. The molecule has 2 N–H and O–H groups in total. The highest BCUT2D eigenvalue weighted by atomic mass is 16.5. The highest BCUT2D eigenvalue weighted by molar-refractivity contribution is 5.78. The Morgan fingerprint density at radius 1 is 1.06 bits per heavy atom. The summed E-state index contributed by atoms with van der Waals surface area (Å²) in [6.07, 6.45) is 1.78. The van der Waals surface area contributed by atoms with Gasteiger partial charge in [-0.2, -0.15) is 5.10 Å². The highest BCUT2D eigenvalue weighted by Crippen LogP contribution is 2.40. The Kier molecular flexibility index (Phi) is 9.14. The number of aliphatic hydroxyl groups is 1. The fourth-order valence-corrected chi connectivity index (χ4v) is 3.84. The third-order valence-corrected chi connectivity index (χ3v) is 5.74. The van der Waals surface area contributed by atoms with Crippen LogP contribution < -0.4 is 14.2 Å². The van der Waals surface area contributed by atoms with E-state index in [1.807, 2.05) is 37.3 Å². The van der Waals surface area contributed by atoms with Crippen LogP contribution in [0.2, 0.25) is 0 Å². The largest absolute Gasteiger partial charge is 0.493 e. The van der Waals surface area contributed by atoms with E-state index in [-0.39, 0.29) is 13.0 Å². The Hall–Kier alpha value is -3.52. The zero-order valence-electron chi connectivity index (χ0n) is 20.8. The van der Waals surface area contributed by atoms with Crippen LogP contribution in [0.4, 0.5) is 0 Å². The van der Waals surface area contributed by atoms with Gasteiger partial charge >= 0.3 is 5.97 Å². The molecule has 0 amide bonds. The molecule has 0 radical (unpaired) electrons. The first-order valence-electron chi connectivity index (χ1n) is 11.9. The molecule has 1 heterocycles. The van der Waals surface area contributed by atoms with Crippen LogP contribution in [-0.4, -0.2) is 52.9 Å². The number of aliphatic carboxylic acids is 1. The van der Waals surface area contributed by atoms with Gasteiger partial charge < -0.3 is 24.4 Å². The Bertz CT molecular complexity index is 1140. The average molecular weight is 483 g/mol. The topological polar surface area (TPSA) is 103 Å². The van der Waals surface area contributed by atoms with E-state index in [2.05, 4.69) is 6.92 Å². The number of carbonyl (C=O) groups is 1. The first kappa shape index (κ1) is 26.1. The fourth-order valence-electron chi connectivity index (χ4n) is 3.84. The monoisotopic (exact) mass is 482 g/mol. The number of nitrogens with zero attached hydrogens (tertiary/aromatic N) is 2. The lowest BCUT2D eigenvalue weighted by molar-refractivity contribution is -0.136. The minimum absolute atomic E-state index is 0.103. The molecule has 3 aromatic rings. The summed E-state index contributed by atoms with van der Waals surface area (Å²) in [5, 5.41) is 24.5. The van der Waals surface area contributed by atoms with E-state index in [4.69, 9.17) is 19.3 Å². The van der Waals surface area contributed by atoms with E-state index in [1.165, 1.54) is 0 Å². The third-order valence-electron chi connectivity index (χ3n) is 5.74. The zero-order valence-corrected chi connectivity index (χ0v) is 20.8. The van der Waals surface area contributed by atoms with Crippen molar-refractivity contribution in [1.82, 2.24) is 9.78 Å². The number of aromatic nitrogens is 2. The maximum Gasteiger partial charge on any atom is 0.307 e. The number of hydrogen-bond acceptors (Lipinski definition) is 6. The molecule has 1 aromatic heterocycles. The molecule has 0 aliphatic rings. The van der Waals surface area contributed by atoms with Crippen molar-refractivity contribution in [1.29, 1.82) is 0 Å². The molecular weight excluding hydrogens is 448 g/mol. The van der Waals surface area contributed by atoms with Gasteiger partial charge in [0.1, 0.15) is 5.75 Å². The molecule has 0 aliphatic carbocycles. The average Bonchev–Trinajstić information content (AvgIpc) is 3.27. The SMILES string of the molecule is CCCCOc1ccc(CC(=O)O)cc1-c1cc(-c2cccc(OC)c2OC)n(C[C@H](O)CC)n1. The fraction of sp³-hybridized carbons (Fsp3) is 0.407. The van der Waals surface area contributed by atoms with Gasteiger partial charge in [0.05, 0.1) is 51.3 Å². The van der Waals surface area contributed by atoms with Crippen molar-refractivity contribution in [3.05, 3.63) is 48.0 Å². The minimum atomic E-state index is -0.908. The summed E-state index contributed by atoms with van der Waals surface area (Å²) in [6.45, 7) is 4.84. The Morgan fingerprint density at radius 2 is 1.86 bits per heavy atom.